The van der Waals surface area contributed by atoms with Gasteiger partial charge in [-0.15, -0.1) is 0 Å². The summed E-state index contributed by atoms with van der Waals surface area (Å²) in [4.78, 5) is 0. The highest BCUT2D eigenvalue weighted by atomic mass is 79.9. The Balaban J connectivity index is 1.81. The minimum Gasteiger partial charge on any atom is -0.454 e. The first-order chi connectivity index (χ1) is 9.24. The molecule has 1 N–H and O–H groups in total. The molecule has 0 radical (unpaired) electrons. The zero-order valence-corrected chi connectivity index (χ0v) is 12.1. The van der Waals surface area contributed by atoms with Gasteiger partial charge in [0.2, 0.25) is 6.79 Å². The molecule has 0 saturated heterocycles. The van der Waals surface area contributed by atoms with Gasteiger partial charge in [-0.1, -0.05) is 18.2 Å². The smallest absolute Gasteiger partial charge is 0.231 e. The highest BCUT2D eigenvalue weighted by molar-refractivity contribution is 9.10. The van der Waals surface area contributed by atoms with Gasteiger partial charge in [-0.25, -0.2) is 0 Å². The molecule has 3 rings (SSSR count). The highest BCUT2D eigenvalue weighted by Gasteiger charge is 2.15. The quantitative estimate of drug-likeness (QED) is 0.912. The molecular weight excluding hydrogens is 306 g/mol. The number of hydrogen-bond acceptors (Lipinski definition) is 3. The van der Waals surface area contributed by atoms with E-state index in [9.17, 15) is 0 Å². The lowest BCUT2D eigenvalue weighted by Crippen LogP contribution is -2.06. The number of anilines is 1. The van der Waals surface area contributed by atoms with Crippen LogP contribution in [0.4, 0.5) is 5.69 Å². The Labute approximate surface area is 120 Å². The molecule has 0 saturated carbocycles. The largest absolute Gasteiger partial charge is 0.454 e. The van der Waals surface area contributed by atoms with Crippen LogP contribution in [0.2, 0.25) is 0 Å². The summed E-state index contributed by atoms with van der Waals surface area (Å²) in [5, 5.41) is 3.47. The first kappa shape index (κ1) is 12.4. The standard InChI is InChI=1S/C15H14BrNO2/c1-10(17-13-5-3-2-4-12(13)16)11-6-7-14-15(8-11)19-9-18-14/h2-8,10,17H,9H2,1H3. The molecule has 1 heterocycles. The van der Waals surface area contributed by atoms with Gasteiger partial charge >= 0.3 is 0 Å². The van der Waals surface area contributed by atoms with Crippen LogP contribution in [0.15, 0.2) is 46.9 Å². The first-order valence-corrected chi connectivity index (χ1v) is 6.94. The Morgan fingerprint density at radius 2 is 1.89 bits per heavy atom. The van der Waals surface area contributed by atoms with Gasteiger partial charge in [-0.2, -0.15) is 0 Å². The Morgan fingerprint density at radius 1 is 1.11 bits per heavy atom. The van der Waals surface area contributed by atoms with Crippen LogP contribution in [0.5, 0.6) is 11.5 Å². The third-order valence-electron chi connectivity index (χ3n) is 3.14. The summed E-state index contributed by atoms with van der Waals surface area (Å²) in [5.74, 6) is 1.63. The van der Waals surface area contributed by atoms with Crippen LogP contribution in [0.25, 0.3) is 0 Å². The van der Waals surface area contributed by atoms with Crippen molar-refractivity contribution in [2.24, 2.45) is 0 Å². The summed E-state index contributed by atoms with van der Waals surface area (Å²) in [6.07, 6.45) is 0. The fraction of sp³-hybridized carbons (Fsp3) is 0.200. The van der Waals surface area contributed by atoms with Crippen LogP contribution < -0.4 is 14.8 Å². The minimum atomic E-state index is 0.188. The number of hydrogen-bond donors (Lipinski definition) is 1. The van der Waals surface area contributed by atoms with E-state index < -0.39 is 0 Å². The van der Waals surface area contributed by atoms with Gasteiger partial charge in [0.05, 0.1) is 0 Å². The first-order valence-electron chi connectivity index (χ1n) is 6.14. The summed E-state index contributed by atoms with van der Waals surface area (Å²) in [6, 6.07) is 14.3. The number of halogens is 1. The number of para-hydroxylation sites is 1. The predicted octanol–water partition coefficient (Wildman–Crippen LogP) is 4.35. The minimum absolute atomic E-state index is 0.188. The van der Waals surface area contributed by atoms with E-state index >= 15 is 0 Å². The summed E-state index contributed by atoms with van der Waals surface area (Å²) >= 11 is 3.54. The maximum Gasteiger partial charge on any atom is 0.231 e. The van der Waals surface area contributed by atoms with Gasteiger partial charge in [0.15, 0.2) is 11.5 Å². The number of nitrogens with one attached hydrogen (secondary N) is 1. The van der Waals surface area contributed by atoms with Crippen molar-refractivity contribution < 1.29 is 9.47 Å². The molecule has 1 atom stereocenters. The van der Waals surface area contributed by atoms with Crippen molar-refractivity contribution in [2.45, 2.75) is 13.0 Å². The third-order valence-corrected chi connectivity index (χ3v) is 3.83. The molecule has 3 nitrogen and oxygen atoms in total. The van der Waals surface area contributed by atoms with E-state index in [1.54, 1.807) is 0 Å². The van der Waals surface area contributed by atoms with Gasteiger partial charge in [-0.05, 0) is 52.7 Å². The zero-order valence-electron chi connectivity index (χ0n) is 10.5. The van der Waals surface area contributed by atoms with Crippen molar-refractivity contribution in [3.8, 4) is 11.5 Å². The summed E-state index contributed by atoms with van der Waals surface area (Å²) in [7, 11) is 0. The molecule has 2 aromatic carbocycles. The molecule has 1 aliphatic rings. The van der Waals surface area contributed by atoms with Crippen LogP contribution in [0, 0.1) is 0 Å². The second-order valence-corrected chi connectivity index (χ2v) is 5.31. The second-order valence-electron chi connectivity index (χ2n) is 4.46. The van der Waals surface area contributed by atoms with E-state index in [4.69, 9.17) is 9.47 Å². The molecule has 4 heteroatoms. The monoisotopic (exact) mass is 319 g/mol. The summed E-state index contributed by atoms with van der Waals surface area (Å²) < 4.78 is 11.8. The van der Waals surface area contributed by atoms with Gasteiger partial charge in [0, 0.05) is 16.2 Å². The predicted molar refractivity (Wildman–Crippen MR) is 78.7 cm³/mol. The van der Waals surface area contributed by atoms with E-state index in [1.165, 1.54) is 5.56 Å². The lowest BCUT2D eigenvalue weighted by Gasteiger charge is -2.17. The molecule has 0 aromatic heterocycles. The van der Waals surface area contributed by atoms with E-state index in [0.29, 0.717) is 6.79 Å². The van der Waals surface area contributed by atoms with Crippen LogP contribution in [-0.4, -0.2) is 6.79 Å². The van der Waals surface area contributed by atoms with Crippen molar-refractivity contribution in [3.63, 3.8) is 0 Å². The third kappa shape index (κ3) is 2.54. The molecule has 0 bridgehead atoms. The Kier molecular flexibility index (Phi) is 3.34. The average Bonchev–Trinajstić information content (AvgIpc) is 2.88. The maximum atomic E-state index is 5.40. The molecule has 98 valence electrons. The molecule has 19 heavy (non-hydrogen) atoms. The van der Waals surface area contributed by atoms with Crippen molar-refractivity contribution in [1.29, 1.82) is 0 Å². The maximum absolute atomic E-state index is 5.40. The normalized spacial score (nSPS) is 14.2. The Bertz CT molecular complexity index is 600. The van der Waals surface area contributed by atoms with E-state index in [1.807, 2.05) is 36.4 Å². The molecule has 2 aromatic rings. The number of fused-ring (bicyclic) bond motifs is 1. The average molecular weight is 320 g/mol. The fourth-order valence-corrected chi connectivity index (χ4v) is 2.48. The molecular formula is C15H14BrNO2. The van der Waals surface area contributed by atoms with Crippen LogP contribution in [0.3, 0.4) is 0 Å². The molecule has 1 unspecified atom stereocenters. The molecule has 0 aliphatic carbocycles. The molecule has 0 fully saturated rings. The lowest BCUT2D eigenvalue weighted by molar-refractivity contribution is 0.174. The molecule has 1 aliphatic heterocycles. The summed E-state index contributed by atoms with van der Waals surface area (Å²) in [6.45, 7) is 2.43. The van der Waals surface area contributed by atoms with Gasteiger partial charge in [0.1, 0.15) is 0 Å². The van der Waals surface area contributed by atoms with Crippen LogP contribution >= 0.6 is 15.9 Å². The number of benzene rings is 2. The number of rotatable bonds is 3. The van der Waals surface area contributed by atoms with Crippen molar-refractivity contribution in [2.75, 3.05) is 12.1 Å². The van der Waals surface area contributed by atoms with Crippen LogP contribution in [0.1, 0.15) is 18.5 Å². The topological polar surface area (TPSA) is 30.5 Å². The van der Waals surface area contributed by atoms with Crippen molar-refractivity contribution >= 4 is 21.6 Å². The summed E-state index contributed by atoms with van der Waals surface area (Å²) in [5.41, 5.74) is 2.24. The van der Waals surface area contributed by atoms with Gasteiger partial charge in [-0.3, -0.25) is 0 Å². The van der Waals surface area contributed by atoms with Gasteiger partial charge in [0.25, 0.3) is 0 Å². The van der Waals surface area contributed by atoms with Crippen molar-refractivity contribution in [3.05, 3.63) is 52.5 Å². The fourth-order valence-electron chi connectivity index (χ4n) is 2.08. The molecule has 0 spiro atoms. The zero-order chi connectivity index (χ0) is 13.2. The SMILES string of the molecule is CC(Nc1ccccc1Br)c1ccc2c(c1)OCO2. The Hall–Kier alpha value is -1.68. The number of ether oxygens (including phenoxy) is 2. The van der Waals surface area contributed by atoms with E-state index in [2.05, 4.69) is 34.2 Å². The van der Waals surface area contributed by atoms with Crippen molar-refractivity contribution in [1.82, 2.24) is 0 Å². The van der Waals surface area contributed by atoms with Gasteiger partial charge < -0.3 is 14.8 Å². The van der Waals surface area contributed by atoms with E-state index in [-0.39, 0.29) is 6.04 Å². The molecule has 0 amide bonds. The second kappa shape index (κ2) is 5.13. The lowest BCUT2D eigenvalue weighted by atomic mass is 10.1. The highest BCUT2D eigenvalue weighted by Crippen LogP contribution is 2.35. The Morgan fingerprint density at radius 3 is 2.74 bits per heavy atom. The van der Waals surface area contributed by atoms with E-state index in [0.717, 1.165) is 21.7 Å². The van der Waals surface area contributed by atoms with Crippen LogP contribution in [-0.2, 0) is 0 Å².